The van der Waals surface area contributed by atoms with Crippen LogP contribution in [0.15, 0.2) is 58.2 Å². The van der Waals surface area contributed by atoms with Gasteiger partial charge in [0.05, 0.1) is 19.3 Å². The molecule has 7 nitrogen and oxygen atoms in total. The van der Waals surface area contributed by atoms with E-state index in [1.807, 2.05) is 12.1 Å². The molecule has 2 aromatic carbocycles. The highest BCUT2D eigenvalue weighted by molar-refractivity contribution is 14.0. The Kier molecular flexibility index (Phi) is 8.53. The Hall–Kier alpha value is -2.33. The highest BCUT2D eigenvalue weighted by atomic mass is 127. The monoisotopic (exact) mass is 535 g/mol. The minimum Gasteiger partial charge on any atom is -0.497 e. The predicted octanol–water partition coefficient (Wildman–Crippen LogP) is 3.74. The number of fused-ring (bicyclic) bond motifs is 1. The molecule has 1 aliphatic heterocycles. The van der Waals surface area contributed by atoms with Crippen LogP contribution in [0.3, 0.4) is 0 Å². The summed E-state index contributed by atoms with van der Waals surface area (Å²) >= 11 is 0. The van der Waals surface area contributed by atoms with Gasteiger partial charge in [-0.15, -0.1) is 24.0 Å². The van der Waals surface area contributed by atoms with Crippen molar-refractivity contribution >= 4 is 40.7 Å². The number of nitrogens with zero attached hydrogens (tertiary/aromatic N) is 4. The Bertz CT molecular complexity index is 985. The second-order valence-corrected chi connectivity index (χ2v) is 7.47. The smallest absolute Gasteiger partial charge is 0.194 e. The summed E-state index contributed by atoms with van der Waals surface area (Å²) in [4.78, 5) is 9.65. The van der Waals surface area contributed by atoms with Gasteiger partial charge in [0.2, 0.25) is 0 Å². The molecule has 8 heteroatoms. The molecule has 0 unspecified atom stereocenters. The van der Waals surface area contributed by atoms with E-state index in [1.165, 1.54) is 16.3 Å². The number of hydrogen-bond donors (Lipinski definition) is 1. The predicted molar refractivity (Wildman–Crippen MR) is 134 cm³/mol. The van der Waals surface area contributed by atoms with Gasteiger partial charge in [-0.3, -0.25) is 4.90 Å². The van der Waals surface area contributed by atoms with Crippen LogP contribution in [-0.4, -0.2) is 60.7 Å². The fourth-order valence-electron chi connectivity index (χ4n) is 3.76. The molecule has 1 fully saturated rings. The molecular formula is C23H30IN5O2. The van der Waals surface area contributed by atoms with E-state index in [-0.39, 0.29) is 24.0 Å². The van der Waals surface area contributed by atoms with E-state index in [1.54, 1.807) is 13.4 Å². The van der Waals surface area contributed by atoms with Gasteiger partial charge in [0.25, 0.3) is 0 Å². The molecule has 1 aliphatic rings. The van der Waals surface area contributed by atoms with E-state index in [9.17, 15) is 0 Å². The summed E-state index contributed by atoms with van der Waals surface area (Å²) in [5.74, 6) is 1.86. The summed E-state index contributed by atoms with van der Waals surface area (Å²) in [5, 5.41) is 9.85. The molecule has 0 bridgehead atoms. The average molecular weight is 535 g/mol. The second kappa shape index (κ2) is 11.3. The molecule has 0 aliphatic carbocycles. The molecule has 0 amide bonds. The van der Waals surface area contributed by atoms with Gasteiger partial charge in [0.1, 0.15) is 12.0 Å². The van der Waals surface area contributed by atoms with Crippen LogP contribution < -0.4 is 10.1 Å². The van der Waals surface area contributed by atoms with Crippen LogP contribution in [0, 0.1) is 0 Å². The average Bonchev–Trinajstić information content (AvgIpc) is 3.30. The number of benzene rings is 2. The number of aliphatic imine (C=N–C) groups is 1. The van der Waals surface area contributed by atoms with E-state index in [0.717, 1.165) is 56.7 Å². The number of ether oxygens (including phenoxy) is 1. The molecule has 3 aromatic rings. The van der Waals surface area contributed by atoms with E-state index >= 15 is 0 Å². The standard InChI is InChI=1S/C23H29N5O2.HI/c1-3-24-23(28-11-9-27(10-12-28)17-21-8-13-30-26-21)25-16-18-4-5-20-15-22(29-2)7-6-19(20)14-18;/h4-8,13-15H,3,9-12,16-17H2,1-2H3,(H,24,25);1H. The third-order valence-electron chi connectivity index (χ3n) is 5.41. The lowest BCUT2D eigenvalue weighted by molar-refractivity contribution is 0.169. The summed E-state index contributed by atoms with van der Waals surface area (Å²) in [6.45, 7) is 8.31. The van der Waals surface area contributed by atoms with Gasteiger partial charge in [-0.25, -0.2) is 4.99 Å². The van der Waals surface area contributed by atoms with Crippen LogP contribution in [0.1, 0.15) is 18.2 Å². The van der Waals surface area contributed by atoms with E-state index in [4.69, 9.17) is 14.3 Å². The van der Waals surface area contributed by atoms with Crippen LogP contribution in [0.4, 0.5) is 0 Å². The van der Waals surface area contributed by atoms with Crippen molar-refractivity contribution in [2.45, 2.75) is 20.0 Å². The van der Waals surface area contributed by atoms with Gasteiger partial charge in [-0.2, -0.15) is 0 Å². The summed E-state index contributed by atoms with van der Waals surface area (Å²) in [7, 11) is 1.70. The van der Waals surface area contributed by atoms with Crippen molar-refractivity contribution in [3.8, 4) is 5.75 Å². The Morgan fingerprint density at radius 3 is 2.58 bits per heavy atom. The van der Waals surface area contributed by atoms with Crippen molar-refractivity contribution in [1.82, 2.24) is 20.3 Å². The molecule has 0 spiro atoms. The highest BCUT2D eigenvalue weighted by Gasteiger charge is 2.20. The number of guanidine groups is 1. The number of methoxy groups -OCH3 is 1. The van der Waals surface area contributed by atoms with Crippen molar-refractivity contribution in [3.63, 3.8) is 0 Å². The maximum Gasteiger partial charge on any atom is 0.194 e. The number of hydrogen-bond acceptors (Lipinski definition) is 5. The minimum atomic E-state index is 0. The van der Waals surface area contributed by atoms with E-state index in [0.29, 0.717) is 6.54 Å². The maximum atomic E-state index is 5.31. The lowest BCUT2D eigenvalue weighted by atomic mass is 10.1. The fourth-order valence-corrected chi connectivity index (χ4v) is 3.76. The number of piperazine rings is 1. The van der Waals surface area contributed by atoms with Crippen molar-refractivity contribution in [1.29, 1.82) is 0 Å². The van der Waals surface area contributed by atoms with Crippen LogP contribution in [0.25, 0.3) is 10.8 Å². The minimum absolute atomic E-state index is 0. The van der Waals surface area contributed by atoms with Crippen LogP contribution in [0.5, 0.6) is 5.75 Å². The Labute approximate surface area is 200 Å². The molecule has 1 N–H and O–H groups in total. The van der Waals surface area contributed by atoms with E-state index < -0.39 is 0 Å². The lowest BCUT2D eigenvalue weighted by Gasteiger charge is -2.36. The number of rotatable bonds is 6. The molecule has 1 aromatic heterocycles. The molecule has 31 heavy (non-hydrogen) atoms. The summed E-state index contributed by atoms with van der Waals surface area (Å²) in [6.07, 6.45) is 1.63. The van der Waals surface area contributed by atoms with Crippen molar-refractivity contribution in [2.24, 2.45) is 4.99 Å². The summed E-state index contributed by atoms with van der Waals surface area (Å²) < 4.78 is 10.3. The highest BCUT2D eigenvalue weighted by Crippen LogP contribution is 2.22. The lowest BCUT2D eigenvalue weighted by Crippen LogP contribution is -2.52. The van der Waals surface area contributed by atoms with Gasteiger partial charge < -0.3 is 19.5 Å². The molecule has 0 radical (unpaired) electrons. The van der Waals surface area contributed by atoms with Crippen molar-refractivity contribution in [2.75, 3.05) is 39.8 Å². The number of aromatic nitrogens is 1. The van der Waals surface area contributed by atoms with Gasteiger partial charge in [0, 0.05) is 45.3 Å². The Balaban J connectivity index is 0.00000272. The summed E-state index contributed by atoms with van der Waals surface area (Å²) in [6, 6.07) is 14.6. The third kappa shape index (κ3) is 6.10. The normalized spacial score (nSPS) is 15.0. The number of nitrogens with one attached hydrogen (secondary N) is 1. The molecule has 2 heterocycles. The van der Waals surface area contributed by atoms with Crippen LogP contribution in [0.2, 0.25) is 0 Å². The SMILES string of the molecule is CCNC(=NCc1ccc2cc(OC)ccc2c1)N1CCN(Cc2ccon2)CC1.I. The second-order valence-electron chi connectivity index (χ2n) is 7.47. The zero-order valence-electron chi connectivity index (χ0n) is 18.1. The molecular weight excluding hydrogens is 505 g/mol. The largest absolute Gasteiger partial charge is 0.497 e. The first-order valence-electron chi connectivity index (χ1n) is 10.5. The van der Waals surface area contributed by atoms with Gasteiger partial charge >= 0.3 is 0 Å². The molecule has 0 atom stereocenters. The fraction of sp³-hybridized carbons (Fsp3) is 0.391. The zero-order chi connectivity index (χ0) is 20.8. The summed E-state index contributed by atoms with van der Waals surface area (Å²) in [5.41, 5.74) is 2.19. The first-order valence-corrected chi connectivity index (χ1v) is 10.5. The van der Waals surface area contributed by atoms with Gasteiger partial charge in [-0.05, 0) is 41.5 Å². The van der Waals surface area contributed by atoms with E-state index in [2.05, 4.69) is 57.5 Å². The quantitative estimate of drug-likeness (QED) is 0.295. The molecule has 4 rings (SSSR count). The Morgan fingerprint density at radius 2 is 1.87 bits per heavy atom. The zero-order valence-corrected chi connectivity index (χ0v) is 20.4. The van der Waals surface area contributed by atoms with Crippen LogP contribution >= 0.6 is 24.0 Å². The molecule has 1 saturated heterocycles. The molecule has 0 saturated carbocycles. The number of halogens is 1. The van der Waals surface area contributed by atoms with Crippen LogP contribution in [-0.2, 0) is 13.1 Å². The topological polar surface area (TPSA) is 66.1 Å². The third-order valence-corrected chi connectivity index (χ3v) is 5.41. The van der Waals surface area contributed by atoms with Gasteiger partial charge in [-0.1, -0.05) is 23.4 Å². The maximum absolute atomic E-state index is 5.31. The van der Waals surface area contributed by atoms with Gasteiger partial charge in [0.15, 0.2) is 5.96 Å². The van der Waals surface area contributed by atoms with Crippen molar-refractivity contribution < 1.29 is 9.26 Å². The first kappa shape index (κ1) is 23.3. The van der Waals surface area contributed by atoms with Crippen molar-refractivity contribution in [3.05, 3.63) is 60.0 Å². The Morgan fingerprint density at radius 1 is 1.10 bits per heavy atom. The first-order chi connectivity index (χ1) is 14.7. The molecule has 166 valence electrons.